The van der Waals surface area contributed by atoms with Crippen molar-refractivity contribution in [3.05, 3.63) is 71.5 Å². The van der Waals surface area contributed by atoms with E-state index in [1.807, 2.05) is 37.5 Å². The summed E-state index contributed by atoms with van der Waals surface area (Å²) in [6, 6.07) is 9.26. The number of fused-ring (bicyclic) bond motifs is 1. The number of nitrogens with one attached hydrogen (secondary N) is 2. The number of pyridine rings is 1. The number of nitrogens with zero attached hydrogens (tertiary/aromatic N) is 4. The van der Waals surface area contributed by atoms with Crippen LogP contribution in [-0.2, 0) is 4.74 Å². The third kappa shape index (κ3) is 4.40. The second-order valence-corrected chi connectivity index (χ2v) is 8.31. The number of aromatic amines is 1. The predicted molar refractivity (Wildman–Crippen MR) is 127 cm³/mol. The van der Waals surface area contributed by atoms with Crippen molar-refractivity contribution in [1.29, 1.82) is 0 Å². The number of hydrogen-bond donors (Lipinski definition) is 2. The SMILES string of the molecule is CC(NC(=O)c1ncc(-c2c[nH]c3ncc(N4CCOCC4)cc23)cn1)c1ccccc1Cl. The molecule has 1 aliphatic heterocycles. The summed E-state index contributed by atoms with van der Waals surface area (Å²) in [5.41, 5.74) is 4.42. The van der Waals surface area contributed by atoms with E-state index in [-0.39, 0.29) is 17.8 Å². The topological polar surface area (TPSA) is 96.0 Å². The first-order valence-electron chi connectivity index (χ1n) is 10.8. The molecule has 1 aliphatic rings. The van der Waals surface area contributed by atoms with Crippen molar-refractivity contribution in [3.8, 4) is 11.1 Å². The fourth-order valence-electron chi connectivity index (χ4n) is 3.98. The normalized spacial score (nSPS) is 14.9. The number of rotatable bonds is 5. The zero-order valence-corrected chi connectivity index (χ0v) is 18.8. The molecule has 0 saturated carbocycles. The van der Waals surface area contributed by atoms with Crippen molar-refractivity contribution >= 4 is 34.2 Å². The quantitative estimate of drug-likeness (QED) is 0.465. The van der Waals surface area contributed by atoms with Gasteiger partial charge in [-0.25, -0.2) is 15.0 Å². The van der Waals surface area contributed by atoms with Gasteiger partial charge < -0.3 is 19.9 Å². The van der Waals surface area contributed by atoms with Gasteiger partial charge in [0, 0.05) is 53.2 Å². The highest BCUT2D eigenvalue weighted by Crippen LogP contribution is 2.30. The molecule has 1 atom stereocenters. The molecule has 0 spiro atoms. The minimum Gasteiger partial charge on any atom is -0.378 e. The lowest BCUT2D eigenvalue weighted by molar-refractivity contribution is 0.0929. The summed E-state index contributed by atoms with van der Waals surface area (Å²) in [5.74, 6) is -0.256. The summed E-state index contributed by atoms with van der Waals surface area (Å²) >= 11 is 6.23. The Balaban J connectivity index is 1.35. The molecule has 168 valence electrons. The number of H-pyrrole nitrogens is 1. The van der Waals surface area contributed by atoms with Gasteiger partial charge in [-0.05, 0) is 24.6 Å². The Morgan fingerprint density at radius 2 is 1.91 bits per heavy atom. The van der Waals surface area contributed by atoms with E-state index in [1.54, 1.807) is 18.5 Å². The molecule has 1 amide bonds. The van der Waals surface area contributed by atoms with Gasteiger partial charge in [0.2, 0.25) is 5.82 Å². The van der Waals surface area contributed by atoms with Crippen LogP contribution in [-0.4, -0.2) is 52.1 Å². The number of hydrogen-bond acceptors (Lipinski definition) is 6. The van der Waals surface area contributed by atoms with Gasteiger partial charge in [-0.1, -0.05) is 29.8 Å². The van der Waals surface area contributed by atoms with Crippen LogP contribution in [0.4, 0.5) is 5.69 Å². The third-order valence-electron chi connectivity index (χ3n) is 5.78. The van der Waals surface area contributed by atoms with Crippen LogP contribution in [0.2, 0.25) is 5.02 Å². The molecule has 9 heteroatoms. The standard InChI is InChI=1S/C24H23ClN6O2/c1-15(18-4-2-3-5-21(18)25)30-24(32)23-26-11-16(12-27-23)20-14-29-22-19(20)10-17(13-28-22)31-6-8-33-9-7-31/h2-5,10-15H,6-9H2,1H3,(H,28,29)(H,30,32). The lowest BCUT2D eigenvalue weighted by Crippen LogP contribution is -2.36. The van der Waals surface area contributed by atoms with E-state index in [9.17, 15) is 4.79 Å². The summed E-state index contributed by atoms with van der Waals surface area (Å²) in [4.78, 5) is 31.3. The van der Waals surface area contributed by atoms with Crippen LogP contribution >= 0.6 is 11.6 Å². The summed E-state index contributed by atoms with van der Waals surface area (Å²) in [5, 5.41) is 4.48. The fourth-order valence-corrected chi connectivity index (χ4v) is 4.27. The van der Waals surface area contributed by atoms with Crippen LogP contribution in [0.15, 0.2) is 55.1 Å². The molecule has 1 saturated heterocycles. The fraction of sp³-hybridized carbons (Fsp3) is 0.250. The summed E-state index contributed by atoms with van der Waals surface area (Å²) in [6.07, 6.45) is 7.08. The zero-order valence-electron chi connectivity index (χ0n) is 18.1. The number of benzene rings is 1. The average Bonchev–Trinajstić information content (AvgIpc) is 3.28. The molecule has 5 rings (SSSR count). The molecule has 0 bridgehead atoms. The Labute approximate surface area is 196 Å². The van der Waals surface area contributed by atoms with Crippen molar-refractivity contribution in [2.75, 3.05) is 31.2 Å². The number of carbonyl (C=O) groups is 1. The van der Waals surface area contributed by atoms with Gasteiger partial charge in [0.15, 0.2) is 0 Å². The van der Waals surface area contributed by atoms with Gasteiger partial charge in [0.1, 0.15) is 5.65 Å². The highest BCUT2D eigenvalue weighted by Gasteiger charge is 2.18. The van der Waals surface area contributed by atoms with Crippen LogP contribution in [0.1, 0.15) is 29.1 Å². The maximum Gasteiger partial charge on any atom is 0.289 e. The molecular formula is C24H23ClN6O2. The van der Waals surface area contributed by atoms with Gasteiger partial charge in [0.05, 0.1) is 31.1 Å². The molecular weight excluding hydrogens is 440 g/mol. The van der Waals surface area contributed by atoms with Crippen molar-refractivity contribution < 1.29 is 9.53 Å². The average molecular weight is 463 g/mol. The van der Waals surface area contributed by atoms with E-state index in [0.29, 0.717) is 18.2 Å². The van der Waals surface area contributed by atoms with Crippen molar-refractivity contribution in [2.45, 2.75) is 13.0 Å². The first-order valence-corrected chi connectivity index (χ1v) is 11.2. The minimum atomic E-state index is -0.357. The number of aromatic nitrogens is 4. The van der Waals surface area contributed by atoms with Crippen molar-refractivity contribution in [3.63, 3.8) is 0 Å². The number of carbonyl (C=O) groups excluding carboxylic acids is 1. The van der Waals surface area contributed by atoms with E-state index >= 15 is 0 Å². The number of halogens is 1. The van der Waals surface area contributed by atoms with Crippen LogP contribution in [0.3, 0.4) is 0 Å². The summed E-state index contributed by atoms with van der Waals surface area (Å²) < 4.78 is 5.45. The van der Waals surface area contributed by atoms with Gasteiger partial charge in [-0.15, -0.1) is 0 Å². The summed E-state index contributed by atoms with van der Waals surface area (Å²) in [6.45, 7) is 4.98. The first-order chi connectivity index (χ1) is 16.1. The van der Waals surface area contributed by atoms with Crippen LogP contribution in [0.25, 0.3) is 22.2 Å². The van der Waals surface area contributed by atoms with E-state index < -0.39 is 0 Å². The lowest BCUT2D eigenvalue weighted by Gasteiger charge is -2.28. The molecule has 8 nitrogen and oxygen atoms in total. The van der Waals surface area contributed by atoms with Crippen LogP contribution in [0.5, 0.6) is 0 Å². The number of ether oxygens (including phenoxy) is 1. The number of anilines is 1. The summed E-state index contributed by atoms with van der Waals surface area (Å²) in [7, 11) is 0. The highest BCUT2D eigenvalue weighted by molar-refractivity contribution is 6.31. The first kappa shape index (κ1) is 21.4. The van der Waals surface area contributed by atoms with Crippen molar-refractivity contribution in [2.24, 2.45) is 0 Å². The Bertz CT molecular complexity index is 1280. The molecule has 33 heavy (non-hydrogen) atoms. The van der Waals surface area contributed by atoms with Gasteiger partial charge in [-0.3, -0.25) is 4.79 Å². The Morgan fingerprint density at radius 1 is 1.15 bits per heavy atom. The van der Waals surface area contributed by atoms with E-state index in [2.05, 4.69) is 36.2 Å². The second kappa shape index (κ2) is 9.17. The number of amides is 1. The molecule has 4 heterocycles. The molecule has 1 unspecified atom stereocenters. The monoisotopic (exact) mass is 462 g/mol. The number of morpholine rings is 1. The maximum atomic E-state index is 12.7. The highest BCUT2D eigenvalue weighted by atomic mass is 35.5. The molecule has 0 radical (unpaired) electrons. The van der Waals surface area contributed by atoms with E-state index in [0.717, 1.165) is 46.5 Å². The predicted octanol–water partition coefficient (Wildman–Crippen LogP) is 4.00. The van der Waals surface area contributed by atoms with Gasteiger partial charge >= 0.3 is 0 Å². The van der Waals surface area contributed by atoms with Crippen LogP contribution in [0, 0.1) is 0 Å². The largest absolute Gasteiger partial charge is 0.378 e. The molecule has 4 aromatic rings. The molecule has 0 aliphatic carbocycles. The molecule has 3 aromatic heterocycles. The van der Waals surface area contributed by atoms with Gasteiger partial charge in [-0.2, -0.15) is 0 Å². The van der Waals surface area contributed by atoms with Crippen molar-refractivity contribution in [1.82, 2.24) is 25.3 Å². The molecule has 1 aromatic carbocycles. The Hall–Kier alpha value is -3.49. The maximum absolute atomic E-state index is 12.7. The zero-order chi connectivity index (χ0) is 22.8. The Morgan fingerprint density at radius 3 is 2.67 bits per heavy atom. The van der Waals surface area contributed by atoms with Gasteiger partial charge in [0.25, 0.3) is 5.91 Å². The molecule has 2 N–H and O–H groups in total. The Kier molecular flexibility index (Phi) is 5.93. The van der Waals surface area contributed by atoms with E-state index in [1.165, 1.54) is 0 Å². The van der Waals surface area contributed by atoms with Crippen LogP contribution < -0.4 is 10.2 Å². The third-order valence-corrected chi connectivity index (χ3v) is 6.12. The molecule has 1 fully saturated rings. The lowest BCUT2D eigenvalue weighted by atomic mass is 10.1. The minimum absolute atomic E-state index is 0.102. The van der Waals surface area contributed by atoms with E-state index in [4.69, 9.17) is 16.3 Å². The second-order valence-electron chi connectivity index (χ2n) is 7.90. The smallest absolute Gasteiger partial charge is 0.289 e.